The van der Waals surface area contributed by atoms with Crippen molar-refractivity contribution in [3.63, 3.8) is 0 Å². The molecule has 0 bridgehead atoms. The number of rotatable bonds is 5. The minimum Gasteiger partial charge on any atom is -0.399 e. The molecule has 20 heavy (non-hydrogen) atoms. The molecule has 5 nitrogen and oxygen atoms in total. The summed E-state index contributed by atoms with van der Waals surface area (Å²) in [6.45, 7) is 3.18. The molecule has 0 aromatic heterocycles. The molecule has 0 saturated carbocycles. The zero-order valence-electron chi connectivity index (χ0n) is 12.0. The van der Waals surface area contributed by atoms with Crippen molar-refractivity contribution in [3.05, 3.63) is 24.3 Å². The van der Waals surface area contributed by atoms with Gasteiger partial charge in [0.1, 0.15) is 0 Å². The number of nitrogens with two attached hydrogens (primary N) is 1. The molecule has 1 fully saturated rings. The second-order valence-corrected chi connectivity index (χ2v) is 5.35. The van der Waals surface area contributed by atoms with Crippen molar-refractivity contribution in [3.8, 4) is 0 Å². The van der Waals surface area contributed by atoms with Gasteiger partial charge in [0.15, 0.2) is 0 Å². The first kappa shape index (κ1) is 14.8. The van der Waals surface area contributed by atoms with E-state index in [9.17, 15) is 4.79 Å². The molecule has 5 heteroatoms. The SMILES string of the molecule is COCC1CCN(CC(=O)Nc2cccc(N)c2)CC1. The molecule has 1 aliphatic heterocycles. The van der Waals surface area contributed by atoms with E-state index in [-0.39, 0.29) is 5.91 Å². The molecule has 0 aliphatic carbocycles. The number of carbonyl (C=O) groups is 1. The van der Waals surface area contributed by atoms with Crippen LogP contribution < -0.4 is 11.1 Å². The number of nitrogens with zero attached hydrogens (tertiary/aromatic N) is 1. The Labute approximate surface area is 120 Å². The predicted molar refractivity (Wildman–Crippen MR) is 80.5 cm³/mol. The van der Waals surface area contributed by atoms with E-state index in [0.717, 1.165) is 38.2 Å². The number of methoxy groups -OCH3 is 1. The molecule has 1 heterocycles. The normalized spacial score (nSPS) is 17.1. The monoisotopic (exact) mass is 277 g/mol. The average Bonchev–Trinajstić information content (AvgIpc) is 2.41. The van der Waals surface area contributed by atoms with E-state index in [0.29, 0.717) is 18.2 Å². The summed E-state index contributed by atoms with van der Waals surface area (Å²) in [7, 11) is 1.74. The van der Waals surface area contributed by atoms with Crippen molar-refractivity contribution >= 4 is 17.3 Å². The molecule has 1 aromatic carbocycles. The van der Waals surface area contributed by atoms with Crippen LogP contribution in [0.25, 0.3) is 0 Å². The highest BCUT2D eigenvalue weighted by atomic mass is 16.5. The molecule has 0 unspecified atom stereocenters. The van der Waals surface area contributed by atoms with Crippen LogP contribution in [-0.2, 0) is 9.53 Å². The van der Waals surface area contributed by atoms with E-state index < -0.39 is 0 Å². The van der Waals surface area contributed by atoms with Gasteiger partial charge in [0, 0.05) is 25.1 Å². The van der Waals surface area contributed by atoms with Gasteiger partial charge in [-0.3, -0.25) is 9.69 Å². The van der Waals surface area contributed by atoms with Crippen LogP contribution in [-0.4, -0.2) is 44.2 Å². The quantitative estimate of drug-likeness (QED) is 0.802. The van der Waals surface area contributed by atoms with Gasteiger partial charge in [0.2, 0.25) is 5.91 Å². The van der Waals surface area contributed by atoms with E-state index in [1.165, 1.54) is 0 Å². The first-order valence-electron chi connectivity index (χ1n) is 7.04. The third-order valence-electron chi connectivity index (χ3n) is 3.65. The lowest BCUT2D eigenvalue weighted by Crippen LogP contribution is -2.40. The van der Waals surface area contributed by atoms with E-state index >= 15 is 0 Å². The highest BCUT2D eigenvalue weighted by molar-refractivity contribution is 5.92. The molecular weight excluding hydrogens is 254 g/mol. The maximum atomic E-state index is 12.0. The summed E-state index contributed by atoms with van der Waals surface area (Å²) in [5, 5.41) is 2.88. The predicted octanol–water partition coefficient (Wildman–Crippen LogP) is 1.57. The number of hydrogen-bond donors (Lipinski definition) is 2. The first-order chi connectivity index (χ1) is 9.67. The van der Waals surface area contributed by atoms with Gasteiger partial charge in [-0.05, 0) is 50.0 Å². The Hall–Kier alpha value is -1.59. The van der Waals surface area contributed by atoms with Gasteiger partial charge < -0.3 is 15.8 Å². The molecule has 0 spiro atoms. The van der Waals surface area contributed by atoms with Crippen LogP contribution in [0.3, 0.4) is 0 Å². The summed E-state index contributed by atoms with van der Waals surface area (Å²) in [4.78, 5) is 14.2. The van der Waals surface area contributed by atoms with Crippen LogP contribution >= 0.6 is 0 Å². The Morgan fingerprint density at radius 3 is 2.85 bits per heavy atom. The minimum atomic E-state index is 0.0146. The summed E-state index contributed by atoms with van der Waals surface area (Å²) in [5.74, 6) is 0.647. The van der Waals surface area contributed by atoms with E-state index in [4.69, 9.17) is 10.5 Å². The largest absolute Gasteiger partial charge is 0.399 e. The van der Waals surface area contributed by atoms with Crippen LogP contribution in [0.4, 0.5) is 11.4 Å². The first-order valence-corrected chi connectivity index (χ1v) is 7.04. The Bertz CT molecular complexity index is 442. The molecule has 3 N–H and O–H groups in total. The third-order valence-corrected chi connectivity index (χ3v) is 3.65. The number of hydrogen-bond acceptors (Lipinski definition) is 4. The van der Waals surface area contributed by atoms with Crippen molar-refractivity contribution in [1.82, 2.24) is 4.90 Å². The number of amides is 1. The minimum absolute atomic E-state index is 0.0146. The van der Waals surface area contributed by atoms with Crippen molar-refractivity contribution in [1.29, 1.82) is 0 Å². The lowest BCUT2D eigenvalue weighted by Gasteiger charge is -2.30. The lowest BCUT2D eigenvalue weighted by molar-refractivity contribution is -0.117. The molecule has 1 aliphatic rings. The van der Waals surface area contributed by atoms with Gasteiger partial charge in [0.25, 0.3) is 0 Å². The number of benzene rings is 1. The fourth-order valence-corrected chi connectivity index (χ4v) is 2.57. The number of likely N-dealkylation sites (tertiary alicyclic amines) is 1. The zero-order chi connectivity index (χ0) is 14.4. The van der Waals surface area contributed by atoms with Crippen molar-refractivity contribution < 1.29 is 9.53 Å². The lowest BCUT2D eigenvalue weighted by atomic mass is 9.98. The van der Waals surface area contributed by atoms with Gasteiger partial charge in [-0.15, -0.1) is 0 Å². The topological polar surface area (TPSA) is 67.6 Å². The van der Waals surface area contributed by atoms with Crippen molar-refractivity contribution in [2.24, 2.45) is 5.92 Å². The van der Waals surface area contributed by atoms with Crippen molar-refractivity contribution in [2.75, 3.05) is 44.4 Å². The number of piperidine rings is 1. The van der Waals surface area contributed by atoms with E-state index in [1.54, 1.807) is 19.2 Å². The molecule has 0 radical (unpaired) electrons. The molecule has 1 saturated heterocycles. The zero-order valence-corrected chi connectivity index (χ0v) is 12.0. The van der Waals surface area contributed by atoms with Crippen LogP contribution in [0, 0.1) is 5.92 Å². The Morgan fingerprint density at radius 2 is 2.20 bits per heavy atom. The molecule has 0 atom stereocenters. The fourth-order valence-electron chi connectivity index (χ4n) is 2.57. The van der Waals surface area contributed by atoms with Gasteiger partial charge in [0.05, 0.1) is 6.54 Å². The fraction of sp³-hybridized carbons (Fsp3) is 0.533. The van der Waals surface area contributed by atoms with E-state index in [1.807, 2.05) is 12.1 Å². The second-order valence-electron chi connectivity index (χ2n) is 5.35. The summed E-state index contributed by atoms with van der Waals surface area (Å²) >= 11 is 0. The highest BCUT2D eigenvalue weighted by Gasteiger charge is 2.20. The number of ether oxygens (including phenoxy) is 1. The Morgan fingerprint density at radius 1 is 1.45 bits per heavy atom. The Balaban J connectivity index is 1.75. The number of carbonyl (C=O) groups excluding carboxylic acids is 1. The molecule has 2 rings (SSSR count). The number of nitrogen functional groups attached to an aromatic ring is 1. The maximum absolute atomic E-state index is 12.0. The average molecular weight is 277 g/mol. The van der Waals surface area contributed by atoms with Gasteiger partial charge in [-0.25, -0.2) is 0 Å². The van der Waals surface area contributed by atoms with Gasteiger partial charge in [-0.2, -0.15) is 0 Å². The summed E-state index contributed by atoms with van der Waals surface area (Å²) < 4.78 is 5.18. The van der Waals surface area contributed by atoms with Gasteiger partial charge in [-0.1, -0.05) is 6.07 Å². The van der Waals surface area contributed by atoms with Crippen LogP contribution in [0.2, 0.25) is 0 Å². The highest BCUT2D eigenvalue weighted by Crippen LogP contribution is 2.17. The molecule has 1 amide bonds. The van der Waals surface area contributed by atoms with Crippen LogP contribution in [0.15, 0.2) is 24.3 Å². The third kappa shape index (κ3) is 4.51. The maximum Gasteiger partial charge on any atom is 0.238 e. The summed E-state index contributed by atoms with van der Waals surface area (Å²) in [6, 6.07) is 7.25. The molecular formula is C15H23N3O2. The second kappa shape index (κ2) is 7.26. The summed E-state index contributed by atoms with van der Waals surface area (Å²) in [5.41, 5.74) is 7.10. The summed E-state index contributed by atoms with van der Waals surface area (Å²) in [6.07, 6.45) is 2.19. The molecule has 110 valence electrons. The van der Waals surface area contributed by atoms with E-state index in [2.05, 4.69) is 10.2 Å². The Kier molecular flexibility index (Phi) is 5.38. The number of anilines is 2. The van der Waals surface area contributed by atoms with Crippen LogP contribution in [0.5, 0.6) is 0 Å². The van der Waals surface area contributed by atoms with Crippen LogP contribution in [0.1, 0.15) is 12.8 Å². The number of nitrogens with one attached hydrogen (secondary N) is 1. The van der Waals surface area contributed by atoms with Gasteiger partial charge >= 0.3 is 0 Å². The standard InChI is InChI=1S/C15H23N3O2/c1-20-11-12-5-7-18(8-6-12)10-15(19)17-14-4-2-3-13(16)9-14/h2-4,9,12H,5-8,10-11,16H2,1H3,(H,17,19). The molecule has 1 aromatic rings. The van der Waals surface area contributed by atoms with Crippen molar-refractivity contribution in [2.45, 2.75) is 12.8 Å². The smallest absolute Gasteiger partial charge is 0.238 e.